The molecular formula is C14H11FO2. The number of hydrogen-bond donors (Lipinski definition) is 0. The average Bonchev–Trinajstić information content (AvgIpc) is 2.74. The van der Waals surface area contributed by atoms with Crippen LogP contribution in [0.25, 0.3) is 6.08 Å². The summed E-state index contributed by atoms with van der Waals surface area (Å²) in [4.78, 5) is 11.6. The van der Waals surface area contributed by atoms with Gasteiger partial charge in [0.25, 0.3) is 0 Å². The second-order valence-electron chi connectivity index (χ2n) is 3.63. The molecule has 17 heavy (non-hydrogen) atoms. The minimum Gasteiger partial charge on any atom is -0.458 e. The number of hydrogen-bond acceptors (Lipinski definition) is 2. The highest BCUT2D eigenvalue weighted by molar-refractivity contribution is 6.04. The van der Waals surface area contributed by atoms with Crippen LogP contribution in [0.4, 0.5) is 4.39 Å². The van der Waals surface area contributed by atoms with Crippen LogP contribution < -0.4 is 0 Å². The third-order valence-corrected chi connectivity index (χ3v) is 2.30. The lowest BCUT2D eigenvalue weighted by Crippen LogP contribution is -1.91. The lowest BCUT2D eigenvalue weighted by Gasteiger charge is -1.94. The van der Waals surface area contributed by atoms with Gasteiger partial charge < -0.3 is 4.42 Å². The van der Waals surface area contributed by atoms with Gasteiger partial charge in [-0.2, -0.15) is 0 Å². The Balaban J connectivity index is 2.17. The monoisotopic (exact) mass is 230 g/mol. The quantitative estimate of drug-likeness (QED) is 0.595. The van der Waals surface area contributed by atoms with Crippen molar-refractivity contribution >= 4 is 11.9 Å². The molecule has 3 heteroatoms. The highest BCUT2D eigenvalue weighted by Crippen LogP contribution is 2.11. The number of benzene rings is 1. The van der Waals surface area contributed by atoms with E-state index in [0.717, 1.165) is 0 Å². The molecule has 86 valence electrons. The predicted molar refractivity (Wildman–Crippen MR) is 63.2 cm³/mol. The van der Waals surface area contributed by atoms with Crippen molar-refractivity contribution in [3.05, 3.63) is 65.4 Å². The standard InChI is InChI=1S/C14H11FO2/c1-10-6-9-14(17-10)13(16)8-7-11-4-2-3-5-12(11)15/h2-9H,1H3/b8-7+. The molecule has 0 radical (unpaired) electrons. The summed E-state index contributed by atoms with van der Waals surface area (Å²) >= 11 is 0. The SMILES string of the molecule is Cc1ccc(C(=O)/C=C/c2ccccc2F)o1. The van der Waals surface area contributed by atoms with Crippen molar-refractivity contribution in [1.29, 1.82) is 0 Å². The third kappa shape index (κ3) is 2.69. The summed E-state index contributed by atoms with van der Waals surface area (Å²) in [6, 6.07) is 9.58. The zero-order chi connectivity index (χ0) is 12.3. The Morgan fingerprint density at radius 3 is 2.65 bits per heavy atom. The molecule has 0 unspecified atom stereocenters. The van der Waals surface area contributed by atoms with Crippen molar-refractivity contribution in [3.63, 3.8) is 0 Å². The molecule has 1 aromatic heterocycles. The maximum atomic E-state index is 13.3. The minimum atomic E-state index is -0.354. The summed E-state index contributed by atoms with van der Waals surface area (Å²) in [5, 5.41) is 0. The van der Waals surface area contributed by atoms with Crippen molar-refractivity contribution in [2.24, 2.45) is 0 Å². The highest BCUT2D eigenvalue weighted by Gasteiger charge is 2.06. The van der Waals surface area contributed by atoms with E-state index < -0.39 is 0 Å². The summed E-state index contributed by atoms with van der Waals surface area (Å²) in [6.45, 7) is 1.76. The van der Waals surface area contributed by atoms with E-state index in [2.05, 4.69) is 0 Å². The molecule has 0 aliphatic rings. The second kappa shape index (κ2) is 4.78. The van der Waals surface area contributed by atoms with Crippen LogP contribution in [-0.4, -0.2) is 5.78 Å². The maximum Gasteiger partial charge on any atom is 0.221 e. The molecule has 2 nitrogen and oxygen atoms in total. The normalized spacial score (nSPS) is 10.9. The molecule has 0 aliphatic carbocycles. The van der Waals surface area contributed by atoms with Crippen LogP contribution in [-0.2, 0) is 0 Å². The van der Waals surface area contributed by atoms with E-state index in [-0.39, 0.29) is 17.4 Å². The van der Waals surface area contributed by atoms with Gasteiger partial charge >= 0.3 is 0 Å². The van der Waals surface area contributed by atoms with Crippen molar-refractivity contribution in [1.82, 2.24) is 0 Å². The van der Waals surface area contributed by atoms with Crippen LogP contribution in [0.1, 0.15) is 21.9 Å². The summed E-state index contributed by atoms with van der Waals surface area (Å²) in [6.07, 6.45) is 2.74. The van der Waals surface area contributed by atoms with E-state index in [1.165, 1.54) is 18.2 Å². The predicted octanol–water partition coefficient (Wildman–Crippen LogP) is 3.62. The smallest absolute Gasteiger partial charge is 0.221 e. The largest absolute Gasteiger partial charge is 0.458 e. The topological polar surface area (TPSA) is 30.2 Å². The first-order valence-corrected chi connectivity index (χ1v) is 5.20. The Kier molecular flexibility index (Phi) is 3.19. The van der Waals surface area contributed by atoms with Crippen LogP contribution in [0, 0.1) is 12.7 Å². The fourth-order valence-corrected chi connectivity index (χ4v) is 1.42. The molecule has 2 rings (SSSR count). The zero-order valence-electron chi connectivity index (χ0n) is 9.31. The molecule has 0 aliphatic heterocycles. The number of aryl methyl sites for hydroxylation is 1. The molecule has 0 spiro atoms. The second-order valence-corrected chi connectivity index (χ2v) is 3.63. The van der Waals surface area contributed by atoms with E-state index in [0.29, 0.717) is 11.3 Å². The Morgan fingerprint density at radius 2 is 2.00 bits per heavy atom. The van der Waals surface area contributed by atoms with E-state index in [9.17, 15) is 9.18 Å². The minimum absolute atomic E-state index is 0.259. The highest BCUT2D eigenvalue weighted by atomic mass is 19.1. The molecule has 0 atom stereocenters. The molecule has 1 aromatic carbocycles. The van der Waals surface area contributed by atoms with Crippen molar-refractivity contribution in [2.75, 3.05) is 0 Å². The van der Waals surface area contributed by atoms with Crippen LogP contribution in [0.3, 0.4) is 0 Å². The van der Waals surface area contributed by atoms with E-state index in [1.807, 2.05) is 0 Å². The van der Waals surface area contributed by atoms with Gasteiger partial charge in [0.15, 0.2) is 5.76 Å². The summed E-state index contributed by atoms with van der Waals surface area (Å²) in [5.41, 5.74) is 0.379. The van der Waals surface area contributed by atoms with Crippen LogP contribution in [0.2, 0.25) is 0 Å². The average molecular weight is 230 g/mol. The number of allylic oxidation sites excluding steroid dienone is 1. The summed E-state index contributed by atoms with van der Waals surface area (Å²) in [7, 11) is 0. The van der Waals surface area contributed by atoms with Crippen LogP contribution in [0.5, 0.6) is 0 Å². The van der Waals surface area contributed by atoms with Gasteiger partial charge in [0.05, 0.1) is 0 Å². The van der Waals surface area contributed by atoms with Gasteiger partial charge in [-0.1, -0.05) is 18.2 Å². The fourth-order valence-electron chi connectivity index (χ4n) is 1.42. The summed E-state index contributed by atoms with van der Waals surface area (Å²) in [5.74, 6) is 0.302. The number of ketones is 1. The molecule has 0 saturated carbocycles. The summed E-state index contributed by atoms with van der Waals surface area (Å²) < 4.78 is 18.4. The fraction of sp³-hybridized carbons (Fsp3) is 0.0714. The first-order chi connectivity index (χ1) is 8.16. The Hall–Kier alpha value is -2.16. The van der Waals surface area contributed by atoms with Gasteiger partial charge in [0.2, 0.25) is 5.78 Å². The number of carbonyl (C=O) groups is 1. The van der Waals surface area contributed by atoms with Crippen molar-refractivity contribution in [3.8, 4) is 0 Å². The first kappa shape index (κ1) is 11.3. The molecule has 2 aromatic rings. The van der Waals surface area contributed by atoms with Gasteiger partial charge in [-0.15, -0.1) is 0 Å². The number of carbonyl (C=O) groups excluding carboxylic acids is 1. The first-order valence-electron chi connectivity index (χ1n) is 5.20. The van der Waals surface area contributed by atoms with Crippen molar-refractivity contribution < 1.29 is 13.6 Å². The van der Waals surface area contributed by atoms with E-state index in [4.69, 9.17) is 4.42 Å². The van der Waals surface area contributed by atoms with Crippen molar-refractivity contribution in [2.45, 2.75) is 6.92 Å². The van der Waals surface area contributed by atoms with Gasteiger partial charge in [-0.05, 0) is 37.3 Å². The Morgan fingerprint density at radius 1 is 1.24 bits per heavy atom. The van der Waals surface area contributed by atoms with Crippen LogP contribution in [0.15, 0.2) is 46.9 Å². The van der Waals surface area contributed by atoms with Gasteiger partial charge in [-0.25, -0.2) is 4.39 Å². The molecule has 0 fully saturated rings. The number of rotatable bonds is 3. The molecule has 0 N–H and O–H groups in total. The lowest BCUT2D eigenvalue weighted by atomic mass is 10.1. The molecule has 0 saturated heterocycles. The molecular weight excluding hydrogens is 219 g/mol. The van der Waals surface area contributed by atoms with Gasteiger partial charge in [-0.3, -0.25) is 4.79 Å². The number of furan rings is 1. The molecule has 0 amide bonds. The maximum absolute atomic E-state index is 13.3. The molecule has 1 heterocycles. The Labute approximate surface area is 98.4 Å². The molecule has 0 bridgehead atoms. The number of halogens is 1. The lowest BCUT2D eigenvalue weighted by molar-refractivity contribution is 0.102. The van der Waals surface area contributed by atoms with E-state index in [1.54, 1.807) is 37.3 Å². The van der Waals surface area contributed by atoms with Gasteiger partial charge in [0, 0.05) is 5.56 Å². The van der Waals surface area contributed by atoms with Crippen LogP contribution >= 0.6 is 0 Å². The van der Waals surface area contributed by atoms with Gasteiger partial charge in [0.1, 0.15) is 11.6 Å². The zero-order valence-corrected chi connectivity index (χ0v) is 9.31. The third-order valence-electron chi connectivity index (χ3n) is 2.30. The van der Waals surface area contributed by atoms with E-state index >= 15 is 0 Å². The Bertz CT molecular complexity index is 567.